The van der Waals surface area contributed by atoms with E-state index in [1.165, 1.54) is 0 Å². The van der Waals surface area contributed by atoms with Crippen LogP contribution >= 0.6 is 0 Å². The molecule has 0 unspecified atom stereocenters. The van der Waals surface area contributed by atoms with Gasteiger partial charge in [0.05, 0.1) is 6.61 Å². The largest absolute Gasteiger partial charge is 0.396 e. The lowest BCUT2D eigenvalue weighted by Crippen LogP contribution is -2.41. The van der Waals surface area contributed by atoms with Gasteiger partial charge in [0, 0.05) is 24.9 Å². The van der Waals surface area contributed by atoms with E-state index in [1.807, 2.05) is 0 Å². The van der Waals surface area contributed by atoms with Crippen molar-refractivity contribution in [2.75, 3.05) is 19.7 Å². The molecule has 0 aromatic heterocycles. The molecule has 0 bridgehead atoms. The van der Waals surface area contributed by atoms with Gasteiger partial charge in [0.2, 0.25) is 5.91 Å². The number of amides is 4. The van der Waals surface area contributed by atoms with Crippen LogP contribution in [-0.2, 0) is 9.59 Å². The zero-order valence-corrected chi connectivity index (χ0v) is 11.9. The first-order valence-electron chi connectivity index (χ1n) is 6.81. The van der Waals surface area contributed by atoms with Crippen molar-refractivity contribution in [3.05, 3.63) is 0 Å². The van der Waals surface area contributed by atoms with Gasteiger partial charge in [-0.1, -0.05) is 0 Å². The Labute approximate surface area is 117 Å². The van der Waals surface area contributed by atoms with Crippen molar-refractivity contribution in [2.45, 2.75) is 38.6 Å². The molecule has 0 radical (unpaired) electrons. The van der Waals surface area contributed by atoms with Crippen LogP contribution < -0.4 is 10.6 Å². The predicted molar refractivity (Wildman–Crippen MR) is 70.7 cm³/mol. The molecule has 2 fully saturated rings. The number of aliphatic hydroxyl groups is 1. The van der Waals surface area contributed by atoms with Gasteiger partial charge in [0.25, 0.3) is 5.91 Å². The number of hydrogen-bond acceptors (Lipinski definition) is 4. The molecule has 0 aromatic carbocycles. The molecule has 7 heteroatoms. The summed E-state index contributed by atoms with van der Waals surface area (Å²) in [6.45, 7) is 3.87. The molecular formula is C13H21N3O4. The highest BCUT2D eigenvalue weighted by molar-refractivity contribution is 6.06. The lowest BCUT2D eigenvalue weighted by Gasteiger charge is -2.16. The molecule has 3 N–H and O–H groups in total. The summed E-state index contributed by atoms with van der Waals surface area (Å²) in [6.07, 6.45) is 1.92. The average molecular weight is 283 g/mol. The second-order valence-electron chi connectivity index (χ2n) is 6.20. The molecule has 0 spiro atoms. The smallest absolute Gasteiger partial charge is 0.325 e. The number of hydrogen-bond donors (Lipinski definition) is 3. The third kappa shape index (κ3) is 2.92. The normalized spacial score (nSPS) is 22.6. The number of nitrogens with one attached hydrogen (secondary N) is 2. The highest BCUT2D eigenvalue weighted by Crippen LogP contribution is 2.44. The number of carbonyl (C=O) groups is 3. The molecule has 1 saturated heterocycles. The molecule has 2 rings (SSSR count). The quantitative estimate of drug-likeness (QED) is 0.577. The molecule has 1 aliphatic heterocycles. The van der Waals surface area contributed by atoms with Crippen molar-refractivity contribution in [1.82, 2.24) is 15.5 Å². The first-order chi connectivity index (χ1) is 9.30. The van der Waals surface area contributed by atoms with E-state index in [0.29, 0.717) is 6.54 Å². The fourth-order valence-electron chi connectivity index (χ4n) is 2.18. The van der Waals surface area contributed by atoms with Crippen molar-refractivity contribution in [2.24, 2.45) is 5.41 Å². The first-order valence-corrected chi connectivity index (χ1v) is 6.81. The van der Waals surface area contributed by atoms with Crippen molar-refractivity contribution >= 4 is 17.8 Å². The van der Waals surface area contributed by atoms with Crippen LogP contribution in [0.3, 0.4) is 0 Å². The number of rotatable bonds is 6. The summed E-state index contributed by atoms with van der Waals surface area (Å²) in [7, 11) is 0. The maximum absolute atomic E-state index is 11.9. The number of urea groups is 1. The van der Waals surface area contributed by atoms with Gasteiger partial charge in [-0.05, 0) is 26.7 Å². The van der Waals surface area contributed by atoms with Crippen LogP contribution in [0.5, 0.6) is 0 Å². The van der Waals surface area contributed by atoms with E-state index in [9.17, 15) is 14.4 Å². The minimum Gasteiger partial charge on any atom is -0.396 e. The molecule has 1 saturated carbocycles. The van der Waals surface area contributed by atoms with E-state index < -0.39 is 11.6 Å². The van der Waals surface area contributed by atoms with E-state index in [0.717, 1.165) is 17.7 Å². The van der Waals surface area contributed by atoms with Crippen LogP contribution in [0.15, 0.2) is 0 Å². The Kier molecular flexibility index (Phi) is 3.73. The summed E-state index contributed by atoms with van der Waals surface area (Å²) < 4.78 is 0. The Morgan fingerprint density at radius 1 is 1.40 bits per heavy atom. The maximum atomic E-state index is 11.9. The molecule has 20 heavy (non-hydrogen) atoms. The third-order valence-corrected chi connectivity index (χ3v) is 3.96. The Morgan fingerprint density at radius 2 is 2.05 bits per heavy atom. The summed E-state index contributed by atoms with van der Waals surface area (Å²) >= 11 is 0. The predicted octanol–water partition coefficient (Wildman–Crippen LogP) is -0.404. The Bertz CT molecular complexity index is 443. The van der Waals surface area contributed by atoms with Crippen LogP contribution in [0, 0.1) is 5.41 Å². The third-order valence-electron chi connectivity index (χ3n) is 3.96. The Hall–Kier alpha value is -1.63. The van der Waals surface area contributed by atoms with Crippen LogP contribution in [0.4, 0.5) is 4.79 Å². The van der Waals surface area contributed by atoms with Crippen LogP contribution in [-0.4, -0.2) is 53.1 Å². The standard InChI is InChI=1S/C13H21N3O4/c1-12(2)10(19)16(11(20)15-12)6-3-9(18)14-7-13(8-17)4-5-13/h17H,3-8H2,1-2H3,(H,14,18)(H,15,20). The van der Waals surface area contributed by atoms with Crippen LogP contribution in [0.25, 0.3) is 0 Å². The molecule has 112 valence electrons. The summed E-state index contributed by atoms with van der Waals surface area (Å²) in [5, 5.41) is 14.4. The lowest BCUT2D eigenvalue weighted by atomic mass is 10.1. The monoisotopic (exact) mass is 283 g/mol. The summed E-state index contributed by atoms with van der Waals surface area (Å²) in [5.74, 6) is -0.528. The molecule has 4 amide bonds. The second kappa shape index (κ2) is 5.05. The molecule has 2 aliphatic rings. The minimum absolute atomic E-state index is 0.0755. The Morgan fingerprint density at radius 3 is 2.50 bits per heavy atom. The average Bonchev–Trinajstić information content (AvgIpc) is 3.12. The van der Waals surface area contributed by atoms with E-state index >= 15 is 0 Å². The highest BCUT2D eigenvalue weighted by atomic mass is 16.3. The van der Waals surface area contributed by atoms with Gasteiger partial charge in [0.15, 0.2) is 0 Å². The minimum atomic E-state index is -0.900. The van der Waals surface area contributed by atoms with Crippen molar-refractivity contribution in [1.29, 1.82) is 0 Å². The zero-order chi connectivity index (χ0) is 15.0. The summed E-state index contributed by atoms with van der Waals surface area (Å²) in [5.41, 5.74) is -1.04. The van der Waals surface area contributed by atoms with E-state index in [2.05, 4.69) is 10.6 Å². The second-order valence-corrected chi connectivity index (χ2v) is 6.20. The van der Waals surface area contributed by atoms with Crippen LogP contribution in [0.2, 0.25) is 0 Å². The number of aliphatic hydroxyl groups excluding tert-OH is 1. The number of nitrogens with zero attached hydrogens (tertiary/aromatic N) is 1. The highest BCUT2D eigenvalue weighted by Gasteiger charge is 2.44. The SMILES string of the molecule is CC1(C)NC(=O)N(CCC(=O)NCC2(CO)CC2)C1=O. The molecular weight excluding hydrogens is 262 g/mol. The molecule has 7 nitrogen and oxygen atoms in total. The van der Waals surface area contributed by atoms with E-state index in [1.54, 1.807) is 13.8 Å². The molecule has 1 heterocycles. The molecule has 0 aromatic rings. The van der Waals surface area contributed by atoms with Gasteiger partial charge in [-0.2, -0.15) is 0 Å². The van der Waals surface area contributed by atoms with Gasteiger partial charge in [0.1, 0.15) is 5.54 Å². The fourth-order valence-corrected chi connectivity index (χ4v) is 2.18. The lowest BCUT2D eigenvalue weighted by molar-refractivity contribution is -0.130. The van der Waals surface area contributed by atoms with E-state index in [-0.39, 0.29) is 36.8 Å². The Balaban J connectivity index is 1.76. The van der Waals surface area contributed by atoms with Crippen molar-refractivity contribution < 1.29 is 19.5 Å². The van der Waals surface area contributed by atoms with Gasteiger partial charge >= 0.3 is 6.03 Å². The molecule has 0 atom stereocenters. The van der Waals surface area contributed by atoms with Gasteiger partial charge in [-0.15, -0.1) is 0 Å². The summed E-state index contributed by atoms with van der Waals surface area (Å²) in [6, 6.07) is -0.457. The topological polar surface area (TPSA) is 98.7 Å². The van der Waals surface area contributed by atoms with E-state index in [4.69, 9.17) is 5.11 Å². The van der Waals surface area contributed by atoms with Crippen molar-refractivity contribution in [3.8, 4) is 0 Å². The van der Waals surface area contributed by atoms with Gasteiger partial charge in [-0.25, -0.2) is 4.79 Å². The summed E-state index contributed by atoms with van der Waals surface area (Å²) in [4.78, 5) is 36.3. The first kappa shape index (κ1) is 14.8. The molecule has 1 aliphatic carbocycles. The fraction of sp³-hybridized carbons (Fsp3) is 0.769. The van der Waals surface area contributed by atoms with Gasteiger partial charge in [-0.3, -0.25) is 14.5 Å². The maximum Gasteiger partial charge on any atom is 0.325 e. The number of carbonyl (C=O) groups excluding carboxylic acids is 3. The van der Waals surface area contributed by atoms with Gasteiger partial charge < -0.3 is 15.7 Å². The van der Waals surface area contributed by atoms with Crippen molar-refractivity contribution in [3.63, 3.8) is 0 Å². The number of imide groups is 1. The van der Waals surface area contributed by atoms with Crippen LogP contribution in [0.1, 0.15) is 33.1 Å². The zero-order valence-electron chi connectivity index (χ0n) is 11.9.